The standard InChI is InChI=1S/C13H16N2O/c1-2-3-6-9-14-12-10-7-4-5-8-11(10)13(16)15-12/h4-5,7-8H,2-3,6,9H2,1H3,(H,14,15,16). The summed E-state index contributed by atoms with van der Waals surface area (Å²) >= 11 is 0. The van der Waals surface area contributed by atoms with Crippen LogP contribution in [0.3, 0.4) is 0 Å². The minimum absolute atomic E-state index is 0.0372. The van der Waals surface area contributed by atoms with Gasteiger partial charge in [-0.1, -0.05) is 38.0 Å². The van der Waals surface area contributed by atoms with Gasteiger partial charge in [0.15, 0.2) is 0 Å². The second-order valence-electron chi connectivity index (χ2n) is 3.94. The Bertz CT molecular complexity index is 424. The second-order valence-corrected chi connectivity index (χ2v) is 3.94. The molecule has 16 heavy (non-hydrogen) atoms. The molecule has 0 aromatic heterocycles. The van der Waals surface area contributed by atoms with Crippen LogP contribution in [0.4, 0.5) is 0 Å². The van der Waals surface area contributed by atoms with Crippen molar-refractivity contribution in [2.75, 3.05) is 6.54 Å². The molecule has 1 aliphatic heterocycles. The van der Waals surface area contributed by atoms with Gasteiger partial charge in [-0.15, -0.1) is 0 Å². The normalized spacial score (nSPS) is 16.3. The average Bonchev–Trinajstić information content (AvgIpc) is 2.63. The summed E-state index contributed by atoms with van der Waals surface area (Å²) in [5.41, 5.74) is 1.67. The molecule has 1 N–H and O–H groups in total. The molecule has 84 valence electrons. The summed E-state index contributed by atoms with van der Waals surface area (Å²) in [6.45, 7) is 2.96. The molecule has 0 bridgehead atoms. The highest BCUT2D eigenvalue weighted by molar-refractivity contribution is 6.23. The van der Waals surface area contributed by atoms with Gasteiger partial charge in [0.1, 0.15) is 5.84 Å². The zero-order valence-electron chi connectivity index (χ0n) is 9.49. The topological polar surface area (TPSA) is 41.5 Å². The molecule has 3 heteroatoms. The molecule has 0 spiro atoms. The zero-order chi connectivity index (χ0) is 11.4. The van der Waals surface area contributed by atoms with Gasteiger partial charge in [-0.25, -0.2) is 0 Å². The van der Waals surface area contributed by atoms with Crippen LogP contribution in [0.1, 0.15) is 42.1 Å². The van der Waals surface area contributed by atoms with Gasteiger partial charge in [-0.05, 0) is 12.5 Å². The lowest BCUT2D eigenvalue weighted by Gasteiger charge is -1.98. The third-order valence-electron chi connectivity index (χ3n) is 2.69. The van der Waals surface area contributed by atoms with Crippen LogP contribution in [-0.2, 0) is 0 Å². The number of carbonyl (C=O) groups excluding carboxylic acids is 1. The van der Waals surface area contributed by atoms with Crippen LogP contribution in [0.2, 0.25) is 0 Å². The van der Waals surface area contributed by atoms with E-state index in [1.165, 1.54) is 12.8 Å². The highest BCUT2D eigenvalue weighted by atomic mass is 16.2. The van der Waals surface area contributed by atoms with Crippen molar-refractivity contribution < 1.29 is 4.79 Å². The van der Waals surface area contributed by atoms with Gasteiger partial charge in [0.25, 0.3) is 5.91 Å². The lowest BCUT2D eigenvalue weighted by atomic mass is 10.1. The van der Waals surface area contributed by atoms with E-state index < -0.39 is 0 Å². The van der Waals surface area contributed by atoms with Crippen molar-refractivity contribution in [2.45, 2.75) is 26.2 Å². The smallest absolute Gasteiger partial charge is 0.257 e. The van der Waals surface area contributed by atoms with E-state index in [1.807, 2.05) is 24.3 Å². The Labute approximate surface area is 95.6 Å². The molecule has 0 atom stereocenters. The highest BCUT2D eigenvalue weighted by Gasteiger charge is 2.23. The summed E-state index contributed by atoms with van der Waals surface area (Å²) in [5, 5.41) is 2.81. The molecule has 1 heterocycles. The van der Waals surface area contributed by atoms with E-state index in [2.05, 4.69) is 17.2 Å². The summed E-state index contributed by atoms with van der Waals surface area (Å²) in [4.78, 5) is 16.0. The minimum Gasteiger partial charge on any atom is -0.306 e. The number of nitrogens with one attached hydrogen (secondary N) is 1. The van der Waals surface area contributed by atoms with Gasteiger partial charge in [0, 0.05) is 12.1 Å². The maximum Gasteiger partial charge on any atom is 0.257 e. The van der Waals surface area contributed by atoms with Gasteiger partial charge < -0.3 is 5.32 Å². The van der Waals surface area contributed by atoms with Crippen molar-refractivity contribution in [3.8, 4) is 0 Å². The number of hydrogen-bond acceptors (Lipinski definition) is 2. The Morgan fingerprint density at radius 3 is 2.69 bits per heavy atom. The monoisotopic (exact) mass is 216 g/mol. The molecule has 0 unspecified atom stereocenters. The van der Waals surface area contributed by atoms with Gasteiger partial charge in [0.05, 0.1) is 5.56 Å². The fraction of sp³-hybridized carbons (Fsp3) is 0.385. The third kappa shape index (κ3) is 2.13. The molecule has 0 saturated carbocycles. The van der Waals surface area contributed by atoms with E-state index in [-0.39, 0.29) is 5.91 Å². The molecule has 1 aromatic rings. The number of benzene rings is 1. The first-order chi connectivity index (χ1) is 7.83. The fourth-order valence-electron chi connectivity index (χ4n) is 1.81. The SMILES string of the molecule is CCCCCN=C1NC(=O)c2ccccc21. The average molecular weight is 216 g/mol. The van der Waals surface area contributed by atoms with Gasteiger partial charge in [-0.3, -0.25) is 9.79 Å². The number of hydrogen-bond donors (Lipinski definition) is 1. The molecule has 1 aliphatic rings. The van der Waals surface area contributed by atoms with Crippen LogP contribution in [0, 0.1) is 0 Å². The summed E-state index contributed by atoms with van der Waals surface area (Å²) in [6, 6.07) is 7.57. The summed E-state index contributed by atoms with van der Waals surface area (Å²) in [6.07, 6.45) is 3.46. The second kappa shape index (κ2) is 4.92. The van der Waals surface area contributed by atoms with E-state index in [9.17, 15) is 4.79 Å². The molecule has 2 rings (SSSR count). The molecule has 0 radical (unpaired) electrons. The maximum absolute atomic E-state index is 11.6. The van der Waals surface area contributed by atoms with Crippen LogP contribution in [0.15, 0.2) is 29.3 Å². The number of rotatable bonds is 4. The Morgan fingerprint density at radius 2 is 1.94 bits per heavy atom. The quantitative estimate of drug-likeness (QED) is 0.771. The fourth-order valence-corrected chi connectivity index (χ4v) is 1.81. The maximum atomic E-state index is 11.6. The van der Waals surface area contributed by atoms with Crippen LogP contribution < -0.4 is 5.32 Å². The zero-order valence-corrected chi connectivity index (χ0v) is 9.49. The van der Waals surface area contributed by atoms with E-state index in [1.54, 1.807) is 0 Å². The molecule has 0 aliphatic carbocycles. The predicted octanol–water partition coefficient (Wildman–Crippen LogP) is 2.37. The van der Waals surface area contributed by atoms with Crippen molar-refractivity contribution in [3.05, 3.63) is 35.4 Å². The first-order valence-electron chi connectivity index (χ1n) is 5.78. The van der Waals surface area contributed by atoms with E-state index in [0.29, 0.717) is 0 Å². The molecular formula is C13H16N2O. The van der Waals surface area contributed by atoms with Crippen molar-refractivity contribution in [2.24, 2.45) is 4.99 Å². The number of nitrogens with zero attached hydrogens (tertiary/aromatic N) is 1. The Balaban J connectivity index is 2.11. The van der Waals surface area contributed by atoms with Gasteiger partial charge >= 0.3 is 0 Å². The molecular weight excluding hydrogens is 200 g/mol. The number of amides is 1. The minimum atomic E-state index is -0.0372. The number of carbonyl (C=O) groups is 1. The molecule has 0 saturated heterocycles. The molecule has 3 nitrogen and oxygen atoms in total. The summed E-state index contributed by atoms with van der Waals surface area (Å²) < 4.78 is 0. The molecule has 0 fully saturated rings. The van der Waals surface area contributed by atoms with E-state index in [0.717, 1.165) is 29.9 Å². The number of amidine groups is 1. The lowest BCUT2D eigenvalue weighted by Crippen LogP contribution is -2.21. The van der Waals surface area contributed by atoms with Crippen LogP contribution in [0.5, 0.6) is 0 Å². The van der Waals surface area contributed by atoms with E-state index >= 15 is 0 Å². The van der Waals surface area contributed by atoms with Gasteiger partial charge in [0.2, 0.25) is 0 Å². The number of aliphatic imine (C=N–C) groups is 1. The first kappa shape index (κ1) is 10.9. The van der Waals surface area contributed by atoms with Gasteiger partial charge in [-0.2, -0.15) is 0 Å². The number of fused-ring (bicyclic) bond motifs is 1. The van der Waals surface area contributed by atoms with Crippen molar-refractivity contribution >= 4 is 11.7 Å². The highest BCUT2D eigenvalue weighted by Crippen LogP contribution is 2.15. The first-order valence-corrected chi connectivity index (χ1v) is 5.78. The summed E-state index contributed by atoms with van der Waals surface area (Å²) in [5.74, 6) is 0.696. The van der Waals surface area contributed by atoms with Crippen LogP contribution >= 0.6 is 0 Å². The van der Waals surface area contributed by atoms with Crippen molar-refractivity contribution in [1.82, 2.24) is 5.32 Å². The van der Waals surface area contributed by atoms with Crippen molar-refractivity contribution in [1.29, 1.82) is 0 Å². The molecule has 1 aromatic carbocycles. The molecule has 1 amide bonds. The lowest BCUT2D eigenvalue weighted by molar-refractivity contribution is 0.0983. The third-order valence-corrected chi connectivity index (χ3v) is 2.69. The van der Waals surface area contributed by atoms with E-state index in [4.69, 9.17) is 0 Å². The predicted molar refractivity (Wildman–Crippen MR) is 64.8 cm³/mol. The summed E-state index contributed by atoms with van der Waals surface area (Å²) in [7, 11) is 0. The van der Waals surface area contributed by atoms with Crippen LogP contribution in [-0.4, -0.2) is 18.3 Å². The van der Waals surface area contributed by atoms with Crippen LogP contribution in [0.25, 0.3) is 0 Å². The number of unbranched alkanes of at least 4 members (excludes halogenated alkanes) is 2. The Morgan fingerprint density at radius 1 is 1.19 bits per heavy atom. The Kier molecular flexibility index (Phi) is 3.34. The largest absolute Gasteiger partial charge is 0.306 e. The Hall–Kier alpha value is -1.64. The van der Waals surface area contributed by atoms with Crippen molar-refractivity contribution in [3.63, 3.8) is 0 Å².